The maximum Gasteiger partial charge on any atom is 0.272 e. The second-order valence-corrected chi connectivity index (χ2v) is 3.23. The van der Waals surface area contributed by atoms with E-state index in [2.05, 4.69) is 5.32 Å². The molecule has 0 amide bonds. The molecule has 0 aromatic heterocycles. The molecule has 0 spiro atoms. The van der Waals surface area contributed by atoms with Crippen LogP contribution in [-0.2, 0) is 6.42 Å². The number of ether oxygens (including phenoxy) is 1. The van der Waals surface area contributed by atoms with Gasteiger partial charge < -0.3 is 10.1 Å². The van der Waals surface area contributed by atoms with Crippen LogP contribution in [0.3, 0.4) is 0 Å². The van der Waals surface area contributed by atoms with E-state index in [1.807, 2.05) is 0 Å². The van der Waals surface area contributed by atoms with Gasteiger partial charge in [-0.25, -0.2) is 4.39 Å². The van der Waals surface area contributed by atoms with Crippen LogP contribution in [0.1, 0.15) is 5.56 Å². The molecule has 0 heterocycles. The van der Waals surface area contributed by atoms with Crippen molar-refractivity contribution in [3.05, 3.63) is 33.6 Å². The van der Waals surface area contributed by atoms with Crippen LogP contribution in [0.5, 0.6) is 5.75 Å². The molecule has 16 heavy (non-hydrogen) atoms. The van der Waals surface area contributed by atoms with Crippen LogP contribution in [0, 0.1) is 15.9 Å². The summed E-state index contributed by atoms with van der Waals surface area (Å²) in [6, 6.07) is 2.20. The van der Waals surface area contributed by atoms with Gasteiger partial charge in [-0.05, 0) is 20.0 Å². The molecule has 0 aliphatic carbocycles. The molecular weight excluding hydrogens is 215 g/mol. The van der Waals surface area contributed by atoms with Crippen LogP contribution in [0.25, 0.3) is 0 Å². The molecular formula is C10H13FN2O3. The number of rotatable bonds is 5. The van der Waals surface area contributed by atoms with Crippen molar-refractivity contribution in [3.8, 4) is 5.75 Å². The molecule has 6 heteroatoms. The normalized spacial score (nSPS) is 10.2. The highest BCUT2D eigenvalue weighted by Gasteiger charge is 2.16. The number of benzene rings is 1. The summed E-state index contributed by atoms with van der Waals surface area (Å²) >= 11 is 0. The van der Waals surface area contributed by atoms with Gasteiger partial charge in [-0.1, -0.05) is 0 Å². The zero-order chi connectivity index (χ0) is 12.1. The standard InChI is InChI=1S/C10H13FN2O3/c1-12-4-3-7-5-8(13(14)15)6-9(11)10(7)16-2/h5-6,12H,3-4H2,1-2H3. The highest BCUT2D eigenvalue weighted by molar-refractivity contribution is 5.45. The SMILES string of the molecule is CNCCc1cc([N+](=O)[O-])cc(F)c1OC. The largest absolute Gasteiger partial charge is 0.493 e. The fourth-order valence-corrected chi connectivity index (χ4v) is 1.41. The number of likely N-dealkylation sites (N-methyl/N-ethyl adjacent to an activating group) is 1. The summed E-state index contributed by atoms with van der Waals surface area (Å²) in [4.78, 5) is 9.94. The van der Waals surface area contributed by atoms with E-state index in [1.54, 1.807) is 7.05 Å². The van der Waals surface area contributed by atoms with E-state index in [4.69, 9.17) is 4.74 Å². The van der Waals surface area contributed by atoms with Gasteiger partial charge >= 0.3 is 0 Å². The average Bonchev–Trinajstić information content (AvgIpc) is 2.25. The third-order valence-electron chi connectivity index (χ3n) is 2.16. The van der Waals surface area contributed by atoms with Gasteiger partial charge in [0, 0.05) is 11.6 Å². The summed E-state index contributed by atoms with van der Waals surface area (Å²) < 4.78 is 18.3. The van der Waals surface area contributed by atoms with E-state index in [0.29, 0.717) is 18.5 Å². The maximum absolute atomic E-state index is 13.4. The number of nitro benzene ring substituents is 1. The van der Waals surface area contributed by atoms with Crippen LogP contribution >= 0.6 is 0 Å². The fraction of sp³-hybridized carbons (Fsp3) is 0.400. The van der Waals surface area contributed by atoms with Crippen molar-refractivity contribution in [2.75, 3.05) is 20.7 Å². The van der Waals surface area contributed by atoms with Crippen molar-refractivity contribution in [3.63, 3.8) is 0 Å². The van der Waals surface area contributed by atoms with Crippen molar-refractivity contribution in [2.45, 2.75) is 6.42 Å². The third-order valence-corrected chi connectivity index (χ3v) is 2.16. The Balaban J connectivity index is 3.14. The number of nitrogens with zero attached hydrogens (tertiary/aromatic N) is 1. The average molecular weight is 228 g/mol. The molecule has 0 unspecified atom stereocenters. The smallest absolute Gasteiger partial charge is 0.272 e. The van der Waals surface area contributed by atoms with Crippen molar-refractivity contribution in [2.24, 2.45) is 0 Å². The summed E-state index contributed by atoms with van der Waals surface area (Å²) in [7, 11) is 3.09. The Labute approximate surface area is 92.4 Å². The van der Waals surface area contributed by atoms with Crippen molar-refractivity contribution >= 4 is 5.69 Å². The summed E-state index contributed by atoms with van der Waals surface area (Å²) in [6.07, 6.45) is 0.471. The monoisotopic (exact) mass is 228 g/mol. The van der Waals surface area contributed by atoms with Crippen molar-refractivity contribution in [1.29, 1.82) is 0 Å². The van der Waals surface area contributed by atoms with Gasteiger partial charge in [0.15, 0.2) is 11.6 Å². The van der Waals surface area contributed by atoms with Crippen LogP contribution < -0.4 is 10.1 Å². The molecule has 1 aromatic rings. The first kappa shape index (κ1) is 12.4. The lowest BCUT2D eigenvalue weighted by Gasteiger charge is -2.09. The van der Waals surface area contributed by atoms with Gasteiger partial charge in [0.25, 0.3) is 5.69 Å². The molecule has 0 fully saturated rings. The summed E-state index contributed by atoms with van der Waals surface area (Å²) in [5.41, 5.74) is 0.230. The third kappa shape index (κ3) is 2.66. The lowest BCUT2D eigenvalue weighted by Crippen LogP contribution is -2.11. The zero-order valence-corrected chi connectivity index (χ0v) is 9.12. The van der Waals surface area contributed by atoms with E-state index in [-0.39, 0.29) is 11.4 Å². The number of non-ortho nitro benzene ring substituents is 1. The second-order valence-electron chi connectivity index (χ2n) is 3.23. The number of hydrogen-bond donors (Lipinski definition) is 1. The molecule has 88 valence electrons. The Bertz CT molecular complexity index is 396. The quantitative estimate of drug-likeness (QED) is 0.612. The predicted molar refractivity (Wildman–Crippen MR) is 57.2 cm³/mol. The summed E-state index contributed by atoms with van der Waals surface area (Å²) in [6.45, 7) is 0.594. The molecule has 1 aromatic carbocycles. The number of nitrogens with one attached hydrogen (secondary N) is 1. The Kier molecular flexibility index (Phi) is 4.19. The molecule has 0 atom stereocenters. The minimum atomic E-state index is -0.706. The first-order chi connectivity index (χ1) is 7.60. The lowest BCUT2D eigenvalue weighted by molar-refractivity contribution is -0.385. The van der Waals surface area contributed by atoms with Crippen LogP contribution in [0.4, 0.5) is 10.1 Å². The van der Waals surface area contributed by atoms with Gasteiger partial charge in [-0.15, -0.1) is 0 Å². The Morgan fingerprint density at radius 2 is 2.25 bits per heavy atom. The van der Waals surface area contributed by atoms with E-state index < -0.39 is 10.7 Å². The highest BCUT2D eigenvalue weighted by Crippen LogP contribution is 2.28. The highest BCUT2D eigenvalue weighted by atomic mass is 19.1. The Morgan fingerprint density at radius 3 is 2.75 bits per heavy atom. The van der Waals surface area contributed by atoms with Gasteiger partial charge in [0.1, 0.15) is 0 Å². The first-order valence-electron chi connectivity index (χ1n) is 4.75. The van der Waals surface area contributed by atoms with Gasteiger partial charge in [0.2, 0.25) is 0 Å². The summed E-state index contributed by atoms with van der Waals surface area (Å²) in [5, 5.41) is 13.4. The molecule has 0 aliphatic rings. The lowest BCUT2D eigenvalue weighted by atomic mass is 10.1. The molecule has 0 bridgehead atoms. The van der Waals surface area contributed by atoms with Crippen LogP contribution in [0.2, 0.25) is 0 Å². The Hall–Kier alpha value is -1.69. The van der Waals surface area contributed by atoms with E-state index in [0.717, 1.165) is 6.07 Å². The molecule has 0 aliphatic heterocycles. The number of methoxy groups -OCH3 is 1. The van der Waals surface area contributed by atoms with Gasteiger partial charge in [-0.3, -0.25) is 10.1 Å². The Morgan fingerprint density at radius 1 is 1.56 bits per heavy atom. The van der Waals surface area contributed by atoms with Gasteiger partial charge in [-0.2, -0.15) is 0 Å². The second kappa shape index (κ2) is 5.41. The molecule has 0 saturated heterocycles. The molecule has 1 rings (SSSR count). The minimum Gasteiger partial charge on any atom is -0.493 e. The first-order valence-corrected chi connectivity index (χ1v) is 4.75. The molecule has 5 nitrogen and oxygen atoms in total. The van der Waals surface area contributed by atoms with Crippen molar-refractivity contribution in [1.82, 2.24) is 5.32 Å². The maximum atomic E-state index is 13.4. The molecule has 1 N–H and O–H groups in total. The van der Waals surface area contributed by atoms with E-state index in [1.165, 1.54) is 13.2 Å². The molecule has 0 saturated carbocycles. The van der Waals surface area contributed by atoms with Crippen LogP contribution in [-0.4, -0.2) is 25.6 Å². The summed E-state index contributed by atoms with van der Waals surface area (Å²) in [5.74, 6) is -0.636. The fourth-order valence-electron chi connectivity index (χ4n) is 1.41. The molecule has 0 radical (unpaired) electrons. The van der Waals surface area contributed by atoms with E-state index >= 15 is 0 Å². The zero-order valence-electron chi connectivity index (χ0n) is 9.12. The predicted octanol–water partition coefficient (Wildman–Crippen LogP) is 1.50. The van der Waals surface area contributed by atoms with Gasteiger partial charge in [0.05, 0.1) is 18.1 Å². The van der Waals surface area contributed by atoms with E-state index in [9.17, 15) is 14.5 Å². The number of halogens is 1. The topological polar surface area (TPSA) is 64.4 Å². The number of nitro groups is 1. The minimum absolute atomic E-state index is 0.0702. The van der Waals surface area contributed by atoms with Crippen molar-refractivity contribution < 1.29 is 14.1 Å². The van der Waals surface area contributed by atoms with Crippen LogP contribution in [0.15, 0.2) is 12.1 Å². The number of hydrogen-bond acceptors (Lipinski definition) is 4.